The second-order valence-corrected chi connectivity index (χ2v) is 5.13. The molecule has 1 atom stereocenters. The van der Waals surface area contributed by atoms with Crippen LogP contribution in [0.1, 0.15) is 12.8 Å². The third-order valence-corrected chi connectivity index (χ3v) is 3.35. The van der Waals surface area contributed by atoms with Crippen molar-refractivity contribution in [3.63, 3.8) is 0 Å². The van der Waals surface area contributed by atoms with E-state index >= 15 is 0 Å². The summed E-state index contributed by atoms with van der Waals surface area (Å²) in [5.41, 5.74) is 0. The van der Waals surface area contributed by atoms with E-state index in [1.165, 1.54) is 19.4 Å². The third kappa shape index (κ3) is 1.39. The number of rotatable bonds is 1. The van der Waals surface area contributed by atoms with E-state index in [1.807, 2.05) is 0 Å². The molecule has 0 aromatic carbocycles. The lowest BCUT2D eigenvalue weighted by molar-refractivity contribution is 0.803. The third-order valence-electron chi connectivity index (χ3n) is 1.66. The van der Waals surface area contributed by atoms with Gasteiger partial charge in [-0.15, -0.1) is 0 Å². The molecular formula is C6H15NS. The molecule has 0 saturated carbocycles. The Morgan fingerprint density at radius 3 is 2.50 bits per heavy atom. The van der Waals surface area contributed by atoms with E-state index in [0.717, 1.165) is 5.37 Å². The minimum Gasteiger partial charge on any atom is -0.307 e. The predicted octanol–water partition coefficient (Wildman–Crippen LogP) is 0.957. The van der Waals surface area contributed by atoms with Crippen LogP contribution >= 0.6 is 10.9 Å². The van der Waals surface area contributed by atoms with E-state index in [9.17, 15) is 0 Å². The van der Waals surface area contributed by atoms with Gasteiger partial charge in [-0.25, -0.2) is 10.9 Å². The topological polar surface area (TPSA) is 12.0 Å². The molecule has 1 unspecified atom stereocenters. The first-order valence-electron chi connectivity index (χ1n) is 3.20. The highest BCUT2D eigenvalue weighted by molar-refractivity contribution is 8.16. The first kappa shape index (κ1) is 6.43. The Hall–Kier alpha value is 0.310. The standard InChI is InChI=1S/C6H15NS/c1-8(2)6-4-3-5-7-6/h6-8H,3-5H2,1-2H3. The summed E-state index contributed by atoms with van der Waals surface area (Å²) in [6.45, 7) is 1.26. The van der Waals surface area contributed by atoms with Gasteiger partial charge in [0.25, 0.3) is 0 Å². The zero-order valence-electron chi connectivity index (χ0n) is 5.65. The molecule has 2 heteroatoms. The molecule has 0 aromatic heterocycles. The lowest BCUT2D eigenvalue weighted by atomic mass is 10.4. The predicted molar refractivity (Wildman–Crippen MR) is 41.9 cm³/mol. The van der Waals surface area contributed by atoms with Crippen LogP contribution in [0.15, 0.2) is 0 Å². The quantitative estimate of drug-likeness (QED) is 0.508. The van der Waals surface area contributed by atoms with Crippen LogP contribution in [0.5, 0.6) is 0 Å². The van der Waals surface area contributed by atoms with Gasteiger partial charge in [-0.1, -0.05) is 0 Å². The lowest BCUT2D eigenvalue weighted by Crippen LogP contribution is -2.20. The van der Waals surface area contributed by atoms with Crippen molar-refractivity contribution in [2.24, 2.45) is 0 Å². The second-order valence-electron chi connectivity index (χ2n) is 2.58. The van der Waals surface area contributed by atoms with Gasteiger partial charge >= 0.3 is 0 Å². The van der Waals surface area contributed by atoms with E-state index in [0.29, 0.717) is 0 Å². The minimum absolute atomic E-state index is 0.287. The molecule has 1 aliphatic rings. The molecule has 0 aromatic rings. The summed E-state index contributed by atoms with van der Waals surface area (Å²) in [7, 11) is 0.287. The Bertz CT molecular complexity index is 66.9. The van der Waals surface area contributed by atoms with Crippen LogP contribution in [-0.2, 0) is 0 Å². The average molecular weight is 133 g/mol. The van der Waals surface area contributed by atoms with Crippen LogP contribution in [0.25, 0.3) is 0 Å². The van der Waals surface area contributed by atoms with E-state index in [-0.39, 0.29) is 10.9 Å². The van der Waals surface area contributed by atoms with Crippen molar-refractivity contribution < 1.29 is 0 Å². The molecule has 0 bridgehead atoms. The molecular weight excluding hydrogens is 118 g/mol. The molecule has 0 amide bonds. The van der Waals surface area contributed by atoms with Crippen LogP contribution in [0.2, 0.25) is 0 Å². The molecule has 50 valence electrons. The fraction of sp³-hybridized carbons (Fsp3) is 1.00. The summed E-state index contributed by atoms with van der Waals surface area (Å²) < 4.78 is 0. The Morgan fingerprint density at radius 1 is 1.50 bits per heavy atom. The van der Waals surface area contributed by atoms with E-state index in [1.54, 1.807) is 0 Å². The molecule has 8 heavy (non-hydrogen) atoms. The molecule has 0 spiro atoms. The highest BCUT2D eigenvalue weighted by Crippen LogP contribution is 2.26. The smallest absolute Gasteiger partial charge is 0.0349 e. The second kappa shape index (κ2) is 2.74. The van der Waals surface area contributed by atoms with Crippen molar-refractivity contribution in [2.75, 3.05) is 19.1 Å². The van der Waals surface area contributed by atoms with Gasteiger partial charge in [0.05, 0.1) is 0 Å². The molecule has 1 aliphatic heterocycles. The Labute approximate surface area is 54.2 Å². The SMILES string of the molecule is C[SH](C)C1CCCN1. The molecule has 1 fully saturated rings. The van der Waals surface area contributed by atoms with Gasteiger partial charge < -0.3 is 5.32 Å². The largest absolute Gasteiger partial charge is 0.307 e. The first-order chi connectivity index (χ1) is 3.80. The van der Waals surface area contributed by atoms with E-state index < -0.39 is 0 Å². The molecule has 1 heterocycles. The molecule has 0 aliphatic carbocycles. The maximum atomic E-state index is 3.48. The highest BCUT2D eigenvalue weighted by atomic mass is 32.2. The van der Waals surface area contributed by atoms with Gasteiger partial charge in [0.15, 0.2) is 0 Å². The zero-order chi connectivity index (χ0) is 5.98. The fourth-order valence-electron chi connectivity index (χ4n) is 1.11. The van der Waals surface area contributed by atoms with Crippen LogP contribution in [0, 0.1) is 0 Å². The summed E-state index contributed by atoms with van der Waals surface area (Å²) in [6.07, 6.45) is 7.50. The molecule has 1 nitrogen and oxygen atoms in total. The highest BCUT2D eigenvalue weighted by Gasteiger charge is 2.13. The van der Waals surface area contributed by atoms with Crippen molar-refractivity contribution >= 4 is 10.9 Å². The monoisotopic (exact) mass is 133 g/mol. The molecule has 0 radical (unpaired) electrons. The van der Waals surface area contributed by atoms with Crippen LogP contribution in [-0.4, -0.2) is 24.4 Å². The molecule has 1 N–H and O–H groups in total. The number of thiol groups is 1. The summed E-state index contributed by atoms with van der Waals surface area (Å²) in [5.74, 6) is 0. The zero-order valence-corrected chi connectivity index (χ0v) is 6.54. The number of hydrogen-bond acceptors (Lipinski definition) is 1. The molecule has 1 saturated heterocycles. The minimum atomic E-state index is 0.287. The Morgan fingerprint density at radius 2 is 2.25 bits per heavy atom. The molecule has 1 rings (SSSR count). The van der Waals surface area contributed by atoms with Crippen LogP contribution in [0.3, 0.4) is 0 Å². The van der Waals surface area contributed by atoms with Crippen molar-refractivity contribution in [2.45, 2.75) is 18.2 Å². The van der Waals surface area contributed by atoms with Gasteiger partial charge in [0, 0.05) is 5.37 Å². The van der Waals surface area contributed by atoms with Gasteiger partial charge in [-0.2, -0.15) is 0 Å². The van der Waals surface area contributed by atoms with Crippen LogP contribution < -0.4 is 5.32 Å². The van der Waals surface area contributed by atoms with Crippen molar-refractivity contribution in [3.8, 4) is 0 Å². The fourth-order valence-corrected chi connectivity index (χ4v) is 2.30. The van der Waals surface area contributed by atoms with Gasteiger partial charge in [0.1, 0.15) is 0 Å². The Balaban J connectivity index is 2.24. The van der Waals surface area contributed by atoms with E-state index in [2.05, 4.69) is 17.8 Å². The first-order valence-corrected chi connectivity index (χ1v) is 5.51. The maximum Gasteiger partial charge on any atom is 0.0349 e. The van der Waals surface area contributed by atoms with Crippen molar-refractivity contribution in [1.82, 2.24) is 5.32 Å². The van der Waals surface area contributed by atoms with Gasteiger partial charge in [0.2, 0.25) is 0 Å². The van der Waals surface area contributed by atoms with Crippen molar-refractivity contribution in [1.29, 1.82) is 0 Å². The maximum absolute atomic E-state index is 3.48. The number of hydrogen-bond donors (Lipinski definition) is 2. The summed E-state index contributed by atoms with van der Waals surface area (Å²) in [4.78, 5) is 0. The lowest BCUT2D eigenvalue weighted by Gasteiger charge is -2.17. The summed E-state index contributed by atoms with van der Waals surface area (Å²) in [5, 5.41) is 4.36. The van der Waals surface area contributed by atoms with E-state index in [4.69, 9.17) is 0 Å². The van der Waals surface area contributed by atoms with Crippen LogP contribution in [0.4, 0.5) is 0 Å². The van der Waals surface area contributed by atoms with Gasteiger partial charge in [-0.05, 0) is 31.9 Å². The normalized spacial score (nSPS) is 30.8. The Kier molecular flexibility index (Phi) is 2.20. The average Bonchev–Trinajstić information content (AvgIpc) is 2.12. The summed E-state index contributed by atoms with van der Waals surface area (Å²) >= 11 is 0. The van der Waals surface area contributed by atoms with Gasteiger partial charge in [-0.3, -0.25) is 0 Å². The summed E-state index contributed by atoms with van der Waals surface area (Å²) in [6, 6.07) is 0. The number of nitrogens with one attached hydrogen (secondary N) is 1. The van der Waals surface area contributed by atoms with Crippen molar-refractivity contribution in [3.05, 3.63) is 0 Å².